The number of imide groups is 1. The summed E-state index contributed by atoms with van der Waals surface area (Å²) < 4.78 is 23.8. The van der Waals surface area contributed by atoms with Crippen LogP contribution >= 0.6 is 0 Å². The van der Waals surface area contributed by atoms with Crippen LogP contribution < -0.4 is 19.7 Å². The van der Waals surface area contributed by atoms with Crippen molar-refractivity contribution in [1.29, 1.82) is 0 Å². The van der Waals surface area contributed by atoms with Crippen LogP contribution in [0.15, 0.2) is 72.8 Å². The Kier molecular flexibility index (Phi) is 7.48. The molecule has 186 valence electrons. The molecule has 3 aromatic carbocycles. The summed E-state index contributed by atoms with van der Waals surface area (Å²) in [6.07, 6.45) is 0.190. The summed E-state index contributed by atoms with van der Waals surface area (Å²) in [6.45, 7) is 0.206. The number of nitrogens with one attached hydrogen (secondary N) is 1. The van der Waals surface area contributed by atoms with Crippen molar-refractivity contribution in [3.8, 4) is 11.5 Å². The summed E-state index contributed by atoms with van der Waals surface area (Å²) in [6, 6.07) is 17.9. The number of halogens is 1. The molecule has 0 unspecified atom stereocenters. The molecule has 0 spiro atoms. The van der Waals surface area contributed by atoms with E-state index in [1.807, 2.05) is 12.1 Å². The Morgan fingerprint density at radius 1 is 0.944 bits per heavy atom. The number of urea groups is 1. The molecule has 4 rings (SSSR count). The number of benzene rings is 3. The minimum absolute atomic E-state index is 0.206. The van der Waals surface area contributed by atoms with E-state index < -0.39 is 29.7 Å². The van der Waals surface area contributed by atoms with Crippen molar-refractivity contribution in [3.05, 3.63) is 84.2 Å². The number of carbonyl (C=O) groups excluding carboxylic acids is 3. The van der Waals surface area contributed by atoms with Gasteiger partial charge in [-0.05, 0) is 60.5 Å². The lowest BCUT2D eigenvalue weighted by Gasteiger charge is -2.22. The molecule has 0 aromatic heterocycles. The summed E-state index contributed by atoms with van der Waals surface area (Å²) in [4.78, 5) is 42.0. The molecule has 36 heavy (non-hydrogen) atoms. The number of para-hydroxylation sites is 1. The lowest BCUT2D eigenvalue weighted by atomic mass is 10.1. The maximum atomic E-state index is 13.4. The van der Waals surface area contributed by atoms with Gasteiger partial charge in [-0.25, -0.2) is 14.1 Å². The SMILES string of the molecule is COc1ccc(CCN2C(=O)N(c3ccccc3)C(=O)[C@@H]2CC(=O)Nc2ccc(F)cc2)cc1OC. The number of methoxy groups -OCH3 is 2. The fraction of sp³-hybridized carbons (Fsp3) is 0.222. The second-order valence-electron chi connectivity index (χ2n) is 8.20. The number of amides is 4. The highest BCUT2D eigenvalue weighted by Crippen LogP contribution is 2.30. The van der Waals surface area contributed by atoms with Gasteiger partial charge in [0, 0.05) is 12.2 Å². The molecule has 9 heteroatoms. The number of ether oxygens (including phenoxy) is 2. The molecule has 1 saturated heterocycles. The van der Waals surface area contributed by atoms with Crippen molar-refractivity contribution in [2.24, 2.45) is 0 Å². The van der Waals surface area contributed by atoms with E-state index in [0.29, 0.717) is 29.3 Å². The minimum atomic E-state index is -0.988. The first-order chi connectivity index (χ1) is 17.4. The summed E-state index contributed by atoms with van der Waals surface area (Å²) in [5, 5.41) is 2.66. The van der Waals surface area contributed by atoms with Crippen LogP contribution in [0, 0.1) is 5.82 Å². The van der Waals surface area contributed by atoms with Crippen LogP contribution in [0.4, 0.5) is 20.6 Å². The first-order valence-corrected chi connectivity index (χ1v) is 11.4. The highest BCUT2D eigenvalue weighted by molar-refractivity contribution is 6.22. The molecular weight excluding hydrogens is 465 g/mol. The predicted octanol–water partition coefficient (Wildman–Crippen LogP) is 4.25. The first-order valence-electron chi connectivity index (χ1n) is 11.4. The highest BCUT2D eigenvalue weighted by Gasteiger charge is 2.46. The van der Waals surface area contributed by atoms with Crippen LogP contribution in [0.5, 0.6) is 11.5 Å². The van der Waals surface area contributed by atoms with Gasteiger partial charge >= 0.3 is 6.03 Å². The number of hydrogen-bond donors (Lipinski definition) is 1. The van der Waals surface area contributed by atoms with Gasteiger partial charge < -0.3 is 19.7 Å². The van der Waals surface area contributed by atoms with Crippen LogP contribution in [0.25, 0.3) is 0 Å². The van der Waals surface area contributed by atoms with Gasteiger partial charge in [-0.2, -0.15) is 0 Å². The number of carbonyl (C=O) groups is 3. The number of rotatable bonds is 9. The number of hydrogen-bond acceptors (Lipinski definition) is 5. The minimum Gasteiger partial charge on any atom is -0.493 e. The van der Waals surface area contributed by atoms with Crippen molar-refractivity contribution in [2.75, 3.05) is 31.0 Å². The second-order valence-corrected chi connectivity index (χ2v) is 8.20. The molecule has 1 aliphatic heterocycles. The zero-order valence-corrected chi connectivity index (χ0v) is 19.9. The molecule has 1 N–H and O–H groups in total. The Bertz CT molecular complexity index is 1250. The molecular formula is C27H26FN3O5. The average Bonchev–Trinajstić information content (AvgIpc) is 3.12. The third-order valence-corrected chi connectivity index (χ3v) is 5.93. The molecule has 0 radical (unpaired) electrons. The zero-order chi connectivity index (χ0) is 25.7. The predicted molar refractivity (Wildman–Crippen MR) is 133 cm³/mol. The Labute approximate surface area is 208 Å². The maximum absolute atomic E-state index is 13.4. The highest BCUT2D eigenvalue weighted by atomic mass is 19.1. The quantitative estimate of drug-likeness (QED) is 0.452. The topological polar surface area (TPSA) is 88.2 Å². The van der Waals surface area contributed by atoms with Crippen LogP contribution in [0.3, 0.4) is 0 Å². The lowest BCUT2D eigenvalue weighted by Crippen LogP contribution is -2.39. The summed E-state index contributed by atoms with van der Waals surface area (Å²) in [5.74, 6) is -0.227. The van der Waals surface area contributed by atoms with E-state index in [-0.39, 0.29) is 13.0 Å². The zero-order valence-electron chi connectivity index (χ0n) is 19.9. The van der Waals surface area contributed by atoms with E-state index in [9.17, 15) is 18.8 Å². The Morgan fingerprint density at radius 3 is 2.31 bits per heavy atom. The molecule has 3 aromatic rings. The summed E-state index contributed by atoms with van der Waals surface area (Å²) >= 11 is 0. The average molecular weight is 492 g/mol. The van der Waals surface area contributed by atoms with E-state index in [1.165, 1.54) is 36.3 Å². The van der Waals surface area contributed by atoms with E-state index in [1.54, 1.807) is 43.5 Å². The van der Waals surface area contributed by atoms with Gasteiger partial charge in [-0.3, -0.25) is 9.59 Å². The smallest absolute Gasteiger partial charge is 0.332 e. The lowest BCUT2D eigenvalue weighted by molar-refractivity contribution is -0.124. The number of anilines is 2. The van der Waals surface area contributed by atoms with Gasteiger partial charge in [0.15, 0.2) is 11.5 Å². The van der Waals surface area contributed by atoms with Gasteiger partial charge in [0.05, 0.1) is 26.3 Å². The second kappa shape index (κ2) is 10.9. The van der Waals surface area contributed by atoms with Gasteiger partial charge in [0.25, 0.3) is 5.91 Å². The van der Waals surface area contributed by atoms with Crippen molar-refractivity contribution >= 4 is 29.2 Å². The Morgan fingerprint density at radius 2 is 1.64 bits per heavy atom. The van der Waals surface area contributed by atoms with Crippen molar-refractivity contribution in [2.45, 2.75) is 18.9 Å². The fourth-order valence-corrected chi connectivity index (χ4v) is 4.11. The van der Waals surface area contributed by atoms with E-state index in [4.69, 9.17) is 9.47 Å². The molecule has 0 bridgehead atoms. The fourth-order valence-electron chi connectivity index (χ4n) is 4.11. The Balaban J connectivity index is 1.55. The van der Waals surface area contributed by atoms with E-state index in [0.717, 1.165) is 10.5 Å². The third-order valence-electron chi connectivity index (χ3n) is 5.93. The molecule has 1 atom stereocenters. The number of nitrogens with zero attached hydrogens (tertiary/aromatic N) is 2. The Hall–Kier alpha value is -4.40. The van der Waals surface area contributed by atoms with Gasteiger partial charge in [-0.1, -0.05) is 24.3 Å². The standard InChI is InChI=1S/C27H26FN3O5/c1-35-23-13-8-18(16-24(23)36-2)14-15-30-22(17-25(32)29-20-11-9-19(28)10-12-20)26(33)31(27(30)34)21-6-4-3-5-7-21/h3-13,16,22H,14-15,17H2,1-2H3,(H,29,32)/t22-/m0/s1. The largest absolute Gasteiger partial charge is 0.493 e. The maximum Gasteiger partial charge on any atom is 0.332 e. The molecule has 0 aliphatic carbocycles. The summed E-state index contributed by atoms with van der Waals surface area (Å²) in [7, 11) is 3.09. The third kappa shape index (κ3) is 5.30. The van der Waals surface area contributed by atoms with Crippen LogP contribution in [0.1, 0.15) is 12.0 Å². The van der Waals surface area contributed by atoms with Crippen LogP contribution in [-0.2, 0) is 16.0 Å². The van der Waals surface area contributed by atoms with Crippen molar-refractivity contribution < 1.29 is 28.2 Å². The molecule has 1 heterocycles. The normalized spacial score (nSPS) is 15.2. The van der Waals surface area contributed by atoms with Gasteiger partial charge in [0.1, 0.15) is 11.9 Å². The first kappa shape index (κ1) is 24.7. The van der Waals surface area contributed by atoms with Gasteiger partial charge in [0.2, 0.25) is 5.91 Å². The van der Waals surface area contributed by atoms with Gasteiger partial charge in [-0.15, -0.1) is 0 Å². The molecule has 0 saturated carbocycles. The van der Waals surface area contributed by atoms with Crippen molar-refractivity contribution in [1.82, 2.24) is 4.90 Å². The monoisotopic (exact) mass is 491 g/mol. The van der Waals surface area contributed by atoms with Crippen LogP contribution in [-0.4, -0.2) is 49.6 Å². The molecule has 1 aliphatic rings. The molecule has 4 amide bonds. The van der Waals surface area contributed by atoms with E-state index in [2.05, 4.69) is 5.32 Å². The summed E-state index contributed by atoms with van der Waals surface area (Å²) in [5.41, 5.74) is 1.71. The molecule has 1 fully saturated rings. The van der Waals surface area contributed by atoms with E-state index >= 15 is 0 Å². The van der Waals surface area contributed by atoms with Crippen LogP contribution in [0.2, 0.25) is 0 Å². The van der Waals surface area contributed by atoms with Crippen molar-refractivity contribution in [3.63, 3.8) is 0 Å². The molecule has 8 nitrogen and oxygen atoms in total.